The van der Waals surface area contributed by atoms with E-state index in [4.69, 9.17) is 9.84 Å². The molecular formula is C17H22N2O4. The van der Waals surface area contributed by atoms with Gasteiger partial charge in [0.25, 0.3) is 0 Å². The molecule has 2 aliphatic heterocycles. The van der Waals surface area contributed by atoms with Gasteiger partial charge in [-0.15, -0.1) is 0 Å². The lowest BCUT2D eigenvalue weighted by Crippen LogP contribution is -2.40. The smallest absolute Gasteiger partial charge is 0.335 e. The molecule has 0 bridgehead atoms. The number of hydrogen-bond acceptors (Lipinski definition) is 3. The predicted molar refractivity (Wildman–Crippen MR) is 84.3 cm³/mol. The first-order valence-corrected chi connectivity index (χ1v) is 8.01. The van der Waals surface area contributed by atoms with Crippen molar-refractivity contribution in [2.45, 2.75) is 25.8 Å². The Kier molecular flexibility index (Phi) is 4.52. The van der Waals surface area contributed by atoms with Gasteiger partial charge in [-0.25, -0.2) is 9.59 Å². The summed E-state index contributed by atoms with van der Waals surface area (Å²) in [6, 6.07) is 6.52. The Labute approximate surface area is 135 Å². The van der Waals surface area contributed by atoms with Crippen molar-refractivity contribution in [1.29, 1.82) is 0 Å². The quantitative estimate of drug-likeness (QED) is 0.894. The fourth-order valence-electron chi connectivity index (χ4n) is 3.38. The molecule has 124 valence electrons. The molecule has 0 aromatic heterocycles. The number of ether oxygens (including phenoxy) is 1. The zero-order valence-electron chi connectivity index (χ0n) is 13.1. The number of carbonyl (C=O) groups is 2. The standard InChI is InChI=1S/C17H22N2O4/c20-15(21)14-3-1-13(2-4-14)11-18-16(22)19-8-5-17(12-19)6-9-23-10-7-17/h1-4H,5-12H2,(H,18,22)(H,20,21). The number of benzene rings is 1. The minimum absolute atomic E-state index is 0.0457. The molecule has 1 spiro atoms. The van der Waals surface area contributed by atoms with Crippen molar-refractivity contribution < 1.29 is 19.4 Å². The lowest BCUT2D eigenvalue weighted by atomic mass is 9.80. The predicted octanol–water partition coefficient (Wildman–Crippen LogP) is 2.10. The van der Waals surface area contributed by atoms with E-state index in [1.54, 1.807) is 24.3 Å². The van der Waals surface area contributed by atoms with Crippen LogP contribution in [0.4, 0.5) is 4.79 Å². The van der Waals surface area contributed by atoms with E-state index in [0.717, 1.165) is 51.1 Å². The van der Waals surface area contributed by atoms with E-state index in [-0.39, 0.29) is 17.0 Å². The third-order valence-electron chi connectivity index (χ3n) is 4.92. The highest BCUT2D eigenvalue weighted by Gasteiger charge is 2.40. The van der Waals surface area contributed by atoms with Crippen LogP contribution in [0.2, 0.25) is 0 Å². The Morgan fingerprint density at radius 3 is 2.52 bits per heavy atom. The van der Waals surface area contributed by atoms with E-state index in [0.29, 0.717) is 6.54 Å². The van der Waals surface area contributed by atoms with Crippen LogP contribution in [0.1, 0.15) is 35.2 Å². The van der Waals surface area contributed by atoms with E-state index in [2.05, 4.69) is 5.32 Å². The van der Waals surface area contributed by atoms with Gasteiger partial charge in [0.2, 0.25) is 0 Å². The van der Waals surface area contributed by atoms with Crippen molar-refractivity contribution in [2.75, 3.05) is 26.3 Å². The highest BCUT2D eigenvalue weighted by atomic mass is 16.5. The number of amides is 2. The second kappa shape index (κ2) is 6.58. The maximum Gasteiger partial charge on any atom is 0.335 e. The fraction of sp³-hybridized carbons (Fsp3) is 0.529. The second-order valence-corrected chi connectivity index (χ2v) is 6.44. The SMILES string of the molecule is O=C(O)c1ccc(CNC(=O)N2CCC3(CCOCC3)C2)cc1. The minimum atomic E-state index is -0.945. The highest BCUT2D eigenvalue weighted by Crippen LogP contribution is 2.39. The van der Waals surface area contributed by atoms with Crippen molar-refractivity contribution in [1.82, 2.24) is 10.2 Å². The van der Waals surface area contributed by atoms with E-state index in [1.807, 2.05) is 4.90 Å². The second-order valence-electron chi connectivity index (χ2n) is 6.44. The van der Waals surface area contributed by atoms with Crippen molar-refractivity contribution in [3.8, 4) is 0 Å². The van der Waals surface area contributed by atoms with Gasteiger partial charge in [0.1, 0.15) is 0 Å². The Balaban J connectivity index is 1.50. The molecule has 6 nitrogen and oxygen atoms in total. The topological polar surface area (TPSA) is 78.9 Å². The number of carboxylic acid groups (broad SMARTS) is 1. The summed E-state index contributed by atoms with van der Waals surface area (Å²) < 4.78 is 5.42. The summed E-state index contributed by atoms with van der Waals surface area (Å²) >= 11 is 0. The summed E-state index contributed by atoms with van der Waals surface area (Å²) in [6.45, 7) is 3.60. The molecule has 0 saturated carbocycles. The van der Waals surface area contributed by atoms with Crippen molar-refractivity contribution in [2.24, 2.45) is 5.41 Å². The molecule has 2 saturated heterocycles. The Morgan fingerprint density at radius 1 is 1.17 bits per heavy atom. The molecule has 0 aliphatic carbocycles. The van der Waals surface area contributed by atoms with Crippen molar-refractivity contribution >= 4 is 12.0 Å². The summed E-state index contributed by atoms with van der Waals surface area (Å²) in [5.41, 5.74) is 1.39. The van der Waals surface area contributed by atoms with E-state index < -0.39 is 5.97 Å². The number of carboxylic acids is 1. The summed E-state index contributed by atoms with van der Waals surface area (Å²) in [6.07, 6.45) is 3.12. The third-order valence-corrected chi connectivity index (χ3v) is 4.92. The molecule has 1 aromatic rings. The maximum atomic E-state index is 12.3. The average Bonchev–Trinajstić information content (AvgIpc) is 2.97. The van der Waals surface area contributed by atoms with Crippen LogP contribution in [-0.2, 0) is 11.3 Å². The first kappa shape index (κ1) is 15.8. The summed E-state index contributed by atoms with van der Waals surface area (Å²) in [4.78, 5) is 25.0. The molecule has 2 amide bonds. The molecule has 2 N–H and O–H groups in total. The van der Waals surface area contributed by atoms with Gasteiger partial charge in [0.15, 0.2) is 0 Å². The minimum Gasteiger partial charge on any atom is -0.478 e. The number of nitrogens with zero attached hydrogens (tertiary/aromatic N) is 1. The van der Waals surface area contributed by atoms with Crippen molar-refractivity contribution in [3.05, 3.63) is 35.4 Å². The van der Waals surface area contributed by atoms with Crippen LogP contribution >= 0.6 is 0 Å². The number of nitrogens with one attached hydrogen (secondary N) is 1. The van der Waals surface area contributed by atoms with E-state index >= 15 is 0 Å². The van der Waals surface area contributed by atoms with Crippen LogP contribution in [0.5, 0.6) is 0 Å². The van der Waals surface area contributed by atoms with Crippen LogP contribution in [0.15, 0.2) is 24.3 Å². The molecule has 2 aliphatic rings. The zero-order valence-corrected chi connectivity index (χ0v) is 13.1. The molecule has 2 heterocycles. The first-order valence-electron chi connectivity index (χ1n) is 8.01. The number of aromatic carboxylic acids is 1. The summed E-state index contributed by atoms with van der Waals surface area (Å²) in [5, 5.41) is 11.8. The molecule has 0 radical (unpaired) electrons. The third kappa shape index (κ3) is 3.64. The Bertz CT molecular complexity index is 579. The Hall–Kier alpha value is -2.08. The average molecular weight is 318 g/mol. The van der Waals surface area contributed by atoms with Gasteiger partial charge >= 0.3 is 12.0 Å². The summed E-state index contributed by atoms with van der Waals surface area (Å²) in [5.74, 6) is -0.945. The largest absolute Gasteiger partial charge is 0.478 e. The zero-order chi connectivity index (χ0) is 16.3. The van der Waals surface area contributed by atoms with Crippen LogP contribution in [0.3, 0.4) is 0 Å². The van der Waals surface area contributed by atoms with Gasteiger partial charge < -0.3 is 20.1 Å². The van der Waals surface area contributed by atoms with Gasteiger partial charge in [0, 0.05) is 32.8 Å². The lowest BCUT2D eigenvalue weighted by molar-refractivity contribution is 0.0208. The molecule has 3 rings (SSSR count). The molecule has 0 atom stereocenters. The normalized spacial score (nSPS) is 19.7. The van der Waals surface area contributed by atoms with Gasteiger partial charge in [-0.05, 0) is 42.4 Å². The molecule has 1 aromatic carbocycles. The van der Waals surface area contributed by atoms with Crippen LogP contribution in [0.25, 0.3) is 0 Å². The highest BCUT2D eigenvalue weighted by molar-refractivity contribution is 5.87. The summed E-state index contributed by atoms with van der Waals surface area (Å²) in [7, 11) is 0. The van der Waals surface area contributed by atoms with E-state index in [1.165, 1.54) is 0 Å². The lowest BCUT2D eigenvalue weighted by Gasteiger charge is -2.33. The van der Waals surface area contributed by atoms with Gasteiger partial charge in [-0.2, -0.15) is 0 Å². The number of urea groups is 1. The number of carbonyl (C=O) groups excluding carboxylic acids is 1. The molecular weight excluding hydrogens is 296 g/mol. The van der Waals surface area contributed by atoms with Crippen LogP contribution in [0, 0.1) is 5.41 Å². The molecule has 2 fully saturated rings. The fourth-order valence-corrected chi connectivity index (χ4v) is 3.38. The van der Waals surface area contributed by atoms with E-state index in [9.17, 15) is 9.59 Å². The van der Waals surface area contributed by atoms with Gasteiger partial charge in [-0.3, -0.25) is 0 Å². The van der Waals surface area contributed by atoms with Crippen LogP contribution in [-0.4, -0.2) is 48.3 Å². The van der Waals surface area contributed by atoms with Gasteiger partial charge in [0.05, 0.1) is 5.56 Å². The van der Waals surface area contributed by atoms with Crippen molar-refractivity contribution in [3.63, 3.8) is 0 Å². The number of rotatable bonds is 3. The number of hydrogen-bond donors (Lipinski definition) is 2. The molecule has 0 unspecified atom stereocenters. The van der Waals surface area contributed by atoms with Gasteiger partial charge in [-0.1, -0.05) is 12.1 Å². The molecule has 6 heteroatoms. The first-order chi connectivity index (χ1) is 11.1. The Morgan fingerprint density at radius 2 is 1.87 bits per heavy atom. The number of likely N-dealkylation sites (tertiary alicyclic amines) is 1. The molecule has 23 heavy (non-hydrogen) atoms. The maximum absolute atomic E-state index is 12.3. The monoisotopic (exact) mass is 318 g/mol. The van der Waals surface area contributed by atoms with Crippen LogP contribution < -0.4 is 5.32 Å².